The molecule has 0 aliphatic heterocycles. The van der Waals surface area contributed by atoms with Gasteiger partial charge in [-0.25, -0.2) is 4.39 Å². The number of anilines is 1. The summed E-state index contributed by atoms with van der Waals surface area (Å²) in [5.41, 5.74) is 2.15. The molecule has 2 nitrogen and oxygen atoms in total. The second-order valence-corrected chi connectivity index (χ2v) is 4.35. The van der Waals surface area contributed by atoms with Crippen molar-refractivity contribution in [3.05, 3.63) is 45.6 Å². The topological polar surface area (TPSA) is 24.9 Å². The fourth-order valence-electron chi connectivity index (χ4n) is 1.14. The molecule has 0 saturated heterocycles. The molecule has 1 N–H and O–H groups in total. The van der Waals surface area contributed by atoms with Gasteiger partial charge < -0.3 is 5.32 Å². The Balaban J connectivity index is 2.07. The first-order valence-corrected chi connectivity index (χ1v) is 5.58. The maximum absolute atomic E-state index is 13.3. The van der Waals surface area contributed by atoms with Crippen LogP contribution in [-0.4, -0.2) is 4.98 Å². The van der Waals surface area contributed by atoms with Crippen molar-refractivity contribution in [2.75, 3.05) is 5.32 Å². The fourth-order valence-corrected chi connectivity index (χ4v) is 1.85. The number of aromatic nitrogens is 1. The van der Waals surface area contributed by atoms with Gasteiger partial charge in [0.25, 0.3) is 0 Å². The van der Waals surface area contributed by atoms with Gasteiger partial charge in [0, 0.05) is 16.1 Å². The van der Waals surface area contributed by atoms with Crippen molar-refractivity contribution < 1.29 is 4.39 Å². The van der Waals surface area contributed by atoms with Gasteiger partial charge in [-0.2, -0.15) is 0 Å². The number of halogens is 2. The Bertz CT molecular complexity index is 445. The number of hydrogen-bond donors (Lipinski definition) is 1. The lowest BCUT2D eigenvalue weighted by Crippen LogP contribution is -1.99. The van der Waals surface area contributed by atoms with Gasteiger partial charge in [0.05, 0.1) is 17.7 Å². The smallest absolute Gasteiger partial charge is 0.146 e. The van der Waals surface area contributed by atoms with E-state index in [2.05, 4.69) is 10.3 Å². The zero-order chi connectivity index (χ0) is 10.7. The van der Waals surface area contributed by atoms with Crippen molar-refractivity contribution in [3.8, 4) is 0 Å². The molecule has 0 fully saturated rings. The molecule has 1 aromatic carbocycles. The Hall–Kier alpha value is -1.13. The monoisotopic (exact) mass is 242 g/mol. The highest BCUT2D eigenvalue weighted by Gasteiger charge is 2.02. The van der Waals surface area contributed by atoms with Gasteiger partial charge in [0.1, 0.15) is 5.82 Å². The van der Waals surface area contributed by atoms with Crippen molar-refractivity contribution >= 4 is 28.6 Å². The summed E-state index contributed by atoms with van der Waals surface area (Å²) in [4.78, 5) is 4.98. The zero-order valence-corrected chi connectivity index (χ0v) is 9.28. The molecule has 0 aliphatic carbocycles. The minimum atomic E-state index is -0.302. The SMILES string of the molecule is Fc1ccc(Cl)cc1NCc1cncs1. The highest BCUT2D eigenvalue weighted by molar-refractivity contribution is 7.09. The summed E-state index contributed by atoms with van der Waals surface area (Å²) in [6.45, 7) is 0.557. The molecule has 0 saturated carbocycles. The number of rotatable bonds is 3. The van der Waals surface area contributed by atoms with E-state index < -0.39 is 0 Å². The van der Waals surface area contributed by atoms with Crippen LogP contribution < -0.4 is 5.32 Å². The van der Waals surface area contributed by atoms with Gasteiger partial charge in [-0.3, -0.25) is 4.98 Å². The van der Waals surface area contributed by atoms with Gasteiger partial charge in [0.2, 0.25) is 0 Å². The first-order valence-electron chi connectivity index (χ1n) is 4.32. The molecule has 0 bridgehead atoms. The molecular formula is C10H8ClFN2S. The second-order valence-electron chi connectivity index (χ2n) is 2.95. The average molecular weight is 243 g/mol. The van der Waals surface area contributed by atoms with E-state index in [1.54, 1.807) is 17.8 Å². The predicted molar refractivity (Wildman–Crippen MR) is 60.9 cm³/mol. The summed E-state index contributed by atoms with van der Waals surface area (Å²) < 4.78 is 13.3. The van der Waals surface area contributed by atoms with Crippen molar-refractivity contribution in [2.24, 2.45) is 0 Å². The van der Waals surface area contributed by atoms with Crippen LogP contribution in [0.25, 0.3) is 0 Å². The summed E-state index contributed by atoms with van der Waals surface area (Å²) >= 11 is 7.28. The lowest BCUT2D eigenvalue weighted by Gasteiger charge is -2.05. The number of benzene rings is 1. The van der Waals surface area contributed by atoms with Crippen LogP contribution in [0, 0.1) is 5.82 Å². The van der Waals surface area contributed by atoms with E-state index in [-0.39, 0.29) is 5.82 Å². The molecule has 0 amide bonds. The van der Waals surface area contributed by atoms with Crippen LogP contribution in [0.3, 0.4) is 0 Å². The third-order valence-electron chi connectivity index (χ3n) is 1.86. The number of nitrogens with one attached hydrogen (secondary N) is 1. The predicted octanol–water partition coefficient (Wildman–Crippen LogP) is 3.55. The van der Waals surface area contributed by atoms with Crippen molar-refractivity contribution in [3.63, 3.8) is 0 Å². The van der Waals surface area contributed by atoms with Crippen LogP contribution in [0.1, 0.15) is 4.88 Å². The molecule has 1 aromatic heterocycles. The van der Waals surface area contributed by atoms with Crippen molar-refractivity contribution in [1.29, 1.82) is 0 Å². The largest absolute Gasteiger partial charge is 0.378 e. The normalized spacial score (nSPS) is 10.3. The minimum Gasteiger partial charge on any atom is -0.378 e. The summed E-state index contributed by atoms with van der Waals surface area (Å²) in [6.07, 6.45) is 1.75. The molecule has 5 heteroatoms. The molecule has 78 valence electrons. The molecule has 0 atom stereocenters. The van der Waals surface area contributed by atoms with E-state index >= 15 is 0 Å². The van der Waals surface area contributed by atoms with Gasteiger partial charge in [0.15, 0.2) is 0 Å². The molecule has 15 heavy (non-hydrogen) atoms. The Morgan fingerprint density at radius 1 is 1.47 bits per heavy atom. The van der Waals surface area contributed by atoms with Crippen molar-refractivity contribution in [2.45, 2.75) is 6.54 Å². The van der Waals surface area contributed by atoms with E-state index in [1.165, 1.54) is 23.5 Å². The first-order chi connectivity index (χ1) is 7.25. The molecule has 0 unspecified atom stereocenters. The van der Waals surface area contributed by atoms with Crippen LogP contribution in [0.2, 0.25) is 5.02 Å². The summed E-state index contributed by atoms with van der Waals surface area (Å²) in [5.74, 6) is -0.302. The third-order valence-corrected chi connectivity index (χ3v) is 2.88. The van der Waals surface area contributed by atoms with Gasteiger partial charge >= 0.3 is 0 Å². The summed E-state index contributed by atoms with van der Waals surface area (Å²) in [5, 5.41) is 3.48. The quantitative estimate of drug-likeness (QED) is 0.891. The van der Waals surface area contributed by atoms with E-state index in [4.69, 9.17) is 11.6 Å². The number of nitrogens with zero attached hydrogens (tertiary/aromatic N) is 1. The van der Waals surface area contributed by atoms with Crippen LogP contribution in [0.4, 0.5) is 10.1 Å². The third kappa shape index (κ3) is 2.67. The first kappa shape index (κ1) is 10.4. The van der Waals surface area contributed by atoms with Crippen LogP contribution in [-0.2, 0) is 6.54 Å². The molecule has 0 aliphatic rings. The molecule has 0 spiro atoms. The maximum atomic E-state index is 13.3. The Morgan fingerprint density at radius 2 is 2.33 bits per heavy atom. The highest BCUT2D eigenvalue weighted by Crippen LogP contribution is 2.20. The van der Waals surface area contributed by atoms with E-state index in [1.807, 2.05) is 0 Å². The van der Waals surface area contributed by atoms with Gasteiger partial charge in [-0.05, 0) is 18.2 Å². The lowest BCUT2D eigenvalue weighted by molar-refractivity contribution is 0.630. The zero-order valence-electron chi connectivity index (χ0n) is 7.71. The Morgan fingerprint density at radius 3 is 3.07 bits per heavy atom. The van der Waals surface area contributed by atoms with Crippen LogP contribution in [0.15, 0.2) is 29.9 Å². The molecule has 2 rings (SSSR count). The molecular weight excluding hydrogens is 235 g/mol. The fraction of sp³-hybridized carbons (Fsp3) is 0.100. The van der Waals surface area contributed by atoms with Crippen LogP contribution in [0.5, 0.6) is 0 Å². The van der Waals surface area contributed by atoms with E-state index in [9.17, 15) is 4.39 Å². The van der Waals surface area contributed by atoms with Crippen LogP contribution >= 0.6 is 22.9 Å². The summed E-state index contributed by atoms with van der Waals surface area (Å²) in [7, 11) is 0. The van der Waals surface area contributed by atoms with Gasteiger partial charge in [-0.15, -0.1) is 11.3 Å². The number of thiazole rings is 1. The molecule has 0 radical (unpaired) electrons. The molecule has 1 heterocycles. The van der Waals surface area contributed by atoms with Crippen molar-refractivity contribution in [1.82, 2.24) is 4.98 Å². The van der Waals surface area contributed by atoms with E-state index in [0.29, 0.717) is 17.3 Å². The molecule has 2 aromatic rings. The summed E-state index contributed by atoms with van der Waals surface area (Å²) in [6, 6.07) is 4.43. The second kappa shape index (κ2) is 4.59. The average Bonchev–Trinajstić information content (AvgIpc) is 2.72. The Kier molecular flexibility index (Phi) is 3.18. The standard InChI is InChI=1S/C10H8ClFN2S/c11-7-1-2-9(12)10(3-7)14-5-8-4-13-6-15-8/h1-4,6,14H,5H2. The van der Waals surface area contributed by atoms with Gasteiger partial charge in [-0.1, -0.05) is 11.6 Å². The lowest BCUT2D eigenvalue weighted by atomic mass is 10.3. The van der Waals surface area contributed by atoms with E-state index in [0.717, 1.165) is 4.88 Å². The Labute approximate surface area is 95.7 Å². The number of hydrogen-bond acceptors (Lipinski definition) is 3. The minimum absolute atomic E-state index is 0.302. The highest BCUT2D eigenvalue weighted by atomic mass is 35.5. The maximum Gasteiger partial charge on any atom is 0.146 e.